The Labute approximate surface area is 150 Å². The number of amides is 1. The Morgan fingerprint density at radius 2 is 1.88 bits per heavy atom. The van der Waals surface area contributed by atoms with Gasteiger partial charge < -0.3 is 9.47 Å². The highest BCUT2D eigenvalue weighted by atomic mass is 16.2. The van der Waals surface area contributed by atoms with Gasteiger partial charge in [0.1, 0.15) is 0 Å². The number of carbonyl (C=O) groups excluding carboxylic acids is 1. The van der Waals surface area contributed by atoms with Crippen LogP contribution < -0.4 is 0 Å². The molecule has 1 atom stereocenters. The molecule has 1 aromatic carbocycles. The number of hydrogen-bond donors (Lipinski definition) is 0. The van der Waals surface area contributed by atoms with Gasteiger partial charge in [0.05, 0.1) is 11.6 Å². The highest BCUT2D eigenvalue weighted by Crippen LogP contribution is 2.28. The molecule has 0 spiro atoms. The second kappa shape index (κ2) is 6.83. The molecule has 134 valence electrons. The maximum Gasteiger partial charge on any atom is 0.239 e. The van der Waals surface area contributed by atoms with Crippen molar-refractivity contribution in [3.63, 3.8) is 0 Å². The van der Waals surface area contributed by atoms with Crippen LogP contribution in [0.5, 0.6) is 0 Å². The summed E-state index contributed by atoms with van der Waals surface area (Å²) in [6.07, 6.45) is 7.72. The number of likely N-dealkylation sites (tertiary alicyclic amines) is 2. The van der Waals surface area contributed by atoms with Crippen molar-refractivity contribution in [2.24, 2.45) is 13.0 Å². The van der Waals surface area contributed by atoms with E-state index < -0.39 is 0 Å². The first-order valence-electron chi connectivity index (χ1n) is 9.65. The van der Waals surface area contributed by atoms with Crippen molar-refractivity contribution in [2.45, 2.75) is 38.1 Å². The summed E-state index contributed by atoms with van der Waals surface area (Å²) in [5, 5.41) is 1.33. The minimum Gasteiger partial charge on any atom is -0.350 e. The molecule has 2 aliphatic heterocycles. The van der Waals surface area contributed by atoms with E-state index in [1.165, 1.54) is 16.5 Å². The van der Waals surface area contributed by atoms with Gasteiger partial charge in [0.25, 0.3) is 0 Å². The Morgan fingerprint density at radius 1 is 1.08 bits per heavy atom. The topological polar surface area (TPSA) is 28.5 Å². The summed E-state index contributed by atoms with van der Waals surface area (Å²) in [5.41, 5.74) is 2.82. The first kappa shape index (κ1) is 16.6. The summed E-state index contributed by atoms with van der Waals surface area (Å²) in [5.74, 6) is 1.05. The van der Waals surface area contributed by atoms with Crippen LogP contribution in [0.15, 0.2) is 30.5 Å². The quantitative estimate of drug-likeness (QED) is 0.860. The molecule has 0 N–H and O–H groups in total. The number of aryl methyl sites for hydroxylation is 1. The molecule has 0 bridgehead atoms. The van der Waals surface area contributed by atoms with Crippen molar-refractivity contribution >= 4 is 16.8 Å². The predicted octanol–water partition coefficient (Wildman–Crippen LogP) is 3.05. The Morgan fingerprint density at radius 3 is 2.60 bits per heavy atom. The molecule has 3 heterocycles. The summed E-state index contributed by atoms with van der Waals surface area (Å²) < 4.78 is 2.24. The third-order valence-electron chi connectivity index (χ3n) is 6.22. The fourth-order valence-corrected chi connectivity index (χ4v) is 4.71. The van der Waals surface area contributed by atoms with Crippen molar-refractivity contribution < 1.29 is 4.79 Å². The molecular weight excluding hydrogens is 310 g/mol. The van der Waals surface area contributed by atoms with Crippen LogP contribution in [0.1, 0.15) is 31.2 Å². The molecule has 2 aromatic rings. The summed E-state index contributed by atoms with van der Waals surface area (Å²) in [4.78, 5) is 17.1. The molecule has 1 amide bonds. The summed E-state index contributed by atoms with van der Waals surface area (Å²) >= 11 is 0. The van der Waals surface area contributed by atoms with E-state index in [-0.39, 0.29) is 6.04 Å². The highest BCUT2D eigenvalue weighted by Gasteiger charge is 2.33. The van der Waals surface area contributed by atoms with Gasteiger partial charge >= 0.3 is 0 Å². The number of likely N-dealkylation sites (N-methyl/N-ethyl adjacent to an activating group) is 1. The first-order valence-corrected chi connectivity index (χ1v) is 9.65. The van der Waals surface area contributed by atoms with E-state index in [1.807, 2.05) is 0 Å². The van der Waals surface area contributed by atoms with E-state index in [0.717, 1.165) is 51.7 Å². The number of benzene rings is 1. The maximum atomic E-state index is 12.7. The van der Waals surface area contributed by atoms with Crippen molar-refractivity contribution in [3.05, 3.63) is 36.0 Å². The van der Waals surface area contributed by atoms with E-state index in [9.17, 15) is 4.79 Å². The second-order valence-corrected chi connectivity index (χ2v) is 7.89. The van der Waals surface area contributed by atoms with Crippen LogP contribution >= 0.6 is 0 Å². The Hall–Kier alpha value is -1.81. The fraction of sp³-hybridized carbons (Fsp3) is 0.571. The SMILES string of the molecule is CN1CCC[C@@H]1C(=O)N1CCC(Cc2cccc3ccn(C)c23)CC1. The van der Waals surface area contributed by atoms with Gasteiger partial charge in [-0.15, -0.1) is 0 Å². The molecule has 4 nitrogen and oxygen atoms in total. The number of carbonyl (C=O) groups is 1. The smallest absolute Gasteiger partial charge is 0.239 e. The second-order valence-electron chi connectivity index (χ2n) is 7.89. The fourth-order valence-electron chi connectivity index (χ4n) is 4.71. The van der Waals surface area contributed by atoms with Gasteiger partial charge in [-0.2, -0.15) is 0 Å². The molecule has 4 rings (SSSR count). The van der Waals surface area contributed by atoms with Gasteiger partial charge in [0, 0.05) is 26.3 Å². The number of rotatable bonds is 3. The van der Waals surface area contributed by atoms with E-state index in [0.29, 0.717) is 11.8 Å². The van der Waals surface area contributed by atoms with Gasteiger partial charge in [0.2, 0.25) is 5.91 Å². The van der Waals surface area contributed by atoms with Crippen LogP contribution in [-0.4, -0.2) is 53.0 Å². The normalized spacial score (nSPS) is 22.8. The van der Waals surface area contributed by atoms with Crippen molar-refractivity contribution in [3.8, 4) is 0 Å². The largest absolute Gasteiger partial charge is 0.350 e. The third-order valence-corrected chi connectivity index (χ3v) is 6.22. The van der Waals surface area contributed by atoms with E-state index >= 15 is 0 Å². The van der Waals surface area contributed by atoms with Crippen LogP contribution in [0.4, 0.5) is 0 Å². The molecular formula is C21H29N3O. The number of para-hydroxylation sites is 1. The van der Waals surface area contributed by atoms with Crippen LogP contribution in [0.2, 0.25) is 0 Å². The Balaban J connectivity index is 1.39. The Kier molecular flexibility index (Phi) is 4.55. The monoisotopic (exact) mass is 339 g/mol. The van der Waals surface area contributed by atoms with Gasteiger partial charge in [-0.05, 0) is 68.6 Å². The number of hydrogen-bond acceptors (Lipinski definition) is 2. The van der Waals surface area contributed by atoms with Crippen LogP contribution in [0.3, 0.4) is 0 Å². The lowest BCUT2D eigenvalue weighted by Crippen LogP contribution is -2.47. The van der Waals surface area contributed by atoms with E-state index in [2.05, 4.69) is 58.9 Å². The first-order chi connectivity index (χ1) is 12.1. The van der Waals surface area contributed by atoms with Crippen molar-refractivity contribution in [2.75, 3.05) is 26.7 Å². The average Bonchev–Trinajstić information content (AvgIpc) is 3.22. The van der Waals surface area contributed by atoms with Gasteiger partial charge in [-0.3, -0.25) is 9.69 Å². The zero-order chi connectivity index (χ0) is 17.4. The molecule has 25 heavy (non-hydrogen) atoms. The summed E-state index contributed by atoms with van der Waals surface area (Å²) in [7, 11) is 4.22. The van der Waals surface area contributed by atoms with Crippen LogP contribution in [0, 0.1) is 5.92 Å². The lowest BCUT2D eigenvalue weighted by molar-refractivity contribution is -0.137. The lowest BCUT2D eigenvalue weighted by atomic mass is 9.89. The number of piperidine rings is 1. The third kappa shape index (κ3) is 3.20. The molecule has 0 saturated carbocycles. The van der Waals surface area contributed by atoms with Crippen molar-refractivity contribution in [1.29, 1.82) is 0 Å². The maximum absolute atomic E-state index is 12.7. The molecule has 0 unspecified atom stereocenters. The average molecular weight is 339 g/mol. The summed E-state index contributed by atoms with van der Waals surface area (Å²) in [6, 6.07) is 8.96. The summed E-state index contributed by atoms with van der Waals surface area (Å²) in [6.45, 7) is 2.92. The van der Waals surface area contributed by atoms with Gasteiger partial charge in [-0.1, -0.05) is 18.2 Å². The standard InChI is InChI=1S/C21H29N3O/c1-22-11-4-7-19(22)21(25)24-13-8-16(9-14-24)15-18-6-3-5-17-10-12-23(2)20(17)18/h3,5-6,10,12,16,19H,4,7-9,11,13-15H2,1-2H3/t19-/m1/s1. The van der Waals surface area contributed by atoms with E-state index in [1.54, 1.807) is 0 Å². The van der Waals surface area contributed by atoms with Crippen molar-refractivity contribution in [1.82, 2.24) is 14.4 Å². The lowest BCUT2D eigenvalue weighted by Gasteiger charge is -2.35. The predicted molar refractivity (Wildman–Crippen MR) is 102 cm³/mol. The molecule has 4 heteroatoms. The molecule has 0 aliphatic carbocycles. The van der Waals surface area contributed by atoms with E-state index in [4.69, 9.17) is 0 Å². The molecule has 2 fully saturated rings. The minimum atomic E-state index is 0.133. The Bertz CT molecular complexity index is 758. The number of aromatic nitrogens is 1. The zero-order valence-electron chi connectivity index (χ0n) is 15.4. The number of fused-ring (bicyclic) bond motifs is 1. The van der Waals surface area contributed by atoms with Crippen LogP contribution in [-0.2, 0) is 18.3 Å². The number of nitrogens with zero attached hydrogens (tertiary/aromatic N) is 3. The van der Waals surface area contributed by atoms with Gasteiger partial charge in [-0.25, -0.2) is 0 Å². The van der Waals surface area contributed by atoms with Crippen LogP contribution in [0.25, 0.3) is 10.9 Å². The van der Waals surface area contributed by atoms with Gasteiger partial charge in [0.15, 0.2) is 0 Å². The molecule has 0 radical (unpaired) electrons. The molecule has 2 saturated heterocycles. The molecule has 1 aromatic heterocycles. The zero-order valence-corrected chi connectivity index (χ0v) is 15.4. The highest BCUT2D eigenvalue weighted by molar-refractivity contribution is 5.83. The minimum absolute atomic E-state index is 0.133. The molecule has 2 aliphatic rings.